The van der Waals surface area contributed by atoms with E-state index in [1.165, 1.54) is 12.3 Å². The summed E-state index contributed by atoms with van der Waals surface area (Å²) in [6.07, 6.45) is 5.80. The first-order chi connectivity index (χ1) is 9.12. The molecule has 0 aromatic carbocycles. The summed E-state index contributed by atoms with van der Waals surface area (Å²) in [7, 11) is -3.41. The zero-order chi connectivity index (χ0) is 13.3. The molecule has 0 aliphatic carbocycles. The molecule has 1 aromatic heterocycles. The van der Waals surface area contributed by atoms with Gasteiger partial charge in [-0.25, -0.2) is 8.42 Å². The molecule has 2 aliphatic rings. The summed E-state index contributed by atoms with van der Waals surface area (Å²) in [5, 5.41) is 9.93. The van der Waals surface area contributed by atoms with Gasteiger partial charge in [0.15, 0.2) is 5.03 Å². The summed E-state index contributed by atoms with van der Waals surface area (Å²) in [6.45, 7) is 3.22. The second-order valence-electron chi connectivity index (χ2n) is 5.64. The van der Waals surface area contributed by atoms with Crippen LogP contribution < -0.4 is 5.32 Å². The number of nitrogens with one attached hydrogen (secondary N) is 2. The van der Waals surface area contributed by atoms with E-state index in [2.05, 4.69) is 15.5 Å². The first-order valence-corrected chi connectivity index (χ1v) is 8.27. The van der Waals surface area contributed by atoms with E-state index in [0.29, 0.717) is 13.1 Å². The Balaban J connectivity index is 1.82. The fourth-order valence-electron chi connectivity index (χ4n) is 3.27. The molecule has 1 spiro atoms. The highest BCUT2D eigenvalue weighted by atomic mass is 32.2. The molecule has 2 saturated heterocycles. The maximum atomic E-state index is 12.5. The van der Waals surface area contributed by atoms with Crippen LogP contribution in [0.5, 0.6) is 0 Å². The van der Waals surface area contributed by atoms with Gasteiger partial charge in [0.05, 0.1) is 6.20 Å². The van der Waals surface area contributed by atoms with Crippen molar-refractivity contribution in [1.29, 1.82) is 0 Å². The van der Waals surface area contributed by atoms with Gasteiger partial charge in [0.25, 0.3) is 10.0 Å². The molecule has 3 rings (SSSR count). The third kappa shape index (κ3) is 2.42. The van der Waals surface area contributed by atoms with Crippen molar-refractivity contribution in [2.75, 3.05) is 26.2 Å². The van der Waals surface area contributed by atoms with Crippen LogP contribution in [0.1, 0.15) is 25.7 Å². The molecule has 1 unspecified atom stereocenters. The number of hydrogen-bond acceptors (Lipinski definition) is 4. The van der Waals surface area contributed by atoms with E-state index >= 15 is 0 Å². The Bertz CT molecular complexity index is 514. The molecular weight excluding hydrogens is 264 g/mol. The van der Waals surface area contributed by atoms with Crippen molar-refractivity contribution >= 4 is 10.0 Å². The Kier molecular flexibility index (Phi) is 3.36. The molecule has 2 aliphatic heterocycles. The first kappa shape index (κ1) is 13.1. The second kappa shape index (κ2) is 4.88. The molecular formula is C12H20N4O2S. The van der Waals surface area contributed by atoms with Gasteiger partial charge in [-0.2, -0.15) is 9.40 Å². The lowest BCUT2D eigenvalue weighted by molar-refractivity contribution is 0.110. The smallest absolute Gasteiger partial charge is 0.259 e. The van der Waals surface area contributed by atoms with Gasteiger partial charge < -0.3 is 5.32 Å². The zero-order valence-electron chi connectivity index (χ0n) is 10.9. The van der Waals surface area contributed by atoms with E-state index in [1.807, 2.05) is 0 Å². The minimum absolute atomic E-state index is 0.129. The molecule has 0 bridgehead atoms. The average Bonchev–Trinajstić information content (AvgIpc) is 2.94. The highest BCUT2D eigenvalue weighted by Gasteiger charge is 2.40. The summed E-state index contributed by atoms with van der Waals surface area (Å²) in [4.78, 5) is 0. The van der Waals surface area contributed by atoms with E-state index in [-0.39, 0.29) is 10.4 Å². The highest BCUT2D eigenvalue weighted by Crippen LogP contribution is 2.37. The van der Waals surface area contributed by atoms with Crippen molar-refractivity contribution in [3.05, 3.63) is 12.3 Å². The average molecular weight is 284 g/mol. The Morgan fingerprint density at radius 2 is 2.16 bits per heavy atom. The highest BCUT2D eigenvalue weighted by molar-refractivity contribution is 7.89. The number of H-pyrrole nitrogens is 1. The predicted octanol–water partition coefficient (Wildman–Crippen LogP) is 0.564. The standard InChI is InChI=1S/C12H20N4O2S/c17-19(18,11-3-7-14-15-11)16-8-2-5-12(10-16)4-1-6-13-9-12/h3,7,13H,1-2,4-6,8-10H2,(H,14,15). The van der Waals surface area contributed by atoms with Gasteiger partial charge >= 0.3 is 0 Å². The summed E-state index contributed by atoms with van der Waals surface area (Å²) >= 11 is 0. The molecule has 6 nitrogen and oxygen atoms in total. The molecule has 19 heavy (non-hydrogen) atoms. The molecule has 0 saturated carbocycles. The maximum Gasteiger partial charge on any atom is 0.259 e. The van der Waals surface area contributed by atoms with Crippen molar-refractivity contribution in [2.45, 2.75) is 30.7 Å². The van der Waals surface area contributed by atoms with Crippen molar-refractivity contribution in [3.8, 4) is 0 Å². The van der Waals surface area contributed by atoms with Crippen molar-refractivity contribution in [1.82, 2.24) is 19.8 Å². The number of piperidine rings is 2. The van der Waals surface area contributed by atoms with Crippen LogP contribution in [0.2, 0.25) is 0 Å². The van der Waals surface area contributed by atoms with Crippen LogP contribution >= 0.6 is 0 Å². The largest absolute Gasteiger partial charge is 0.316 e. The van der Waals surface area contributed by atoms with Gasteiger partial charge in [-0.1, -0.05) is 0 Å². The van der Waals surface area contributed by atoms with E-state index < -0.39 is 10.0 Å². The number of nitrogens with zero attached hydrogens (tertiary/aromatic N) is 2. The van der Waals surface area contributed by atoms with Crippen LogP contribution in [0.4, 0.5) is 0 Å². The first-order valence-electron chi connectivity index (χ1n) is 6.83. The van der Waals surface area contributed by atoms with Gasteiger partial charge in [0.1, 0.15) is 0 Å². The Morgan fingerprint density at radius 3 is 2.84 bits per heavy atom. The monoisotopic (exact) mass is 284 g/mol. The SMILES string of the molecule is O=S(=O)(c1ccn[nH]1)N1CCCC2(CCCNC2)C1. The summed E-state index contributed by atoms with van der Waals surface area (Å²) in [5.74, 6) is 0. The predicted molar refractivity (Wildman–Crippen MR) is 71.1 cm³/mol. The van der Waals surface area contributed by atoms with Crippen molar-refractivity contribution < 1.29 is 8.42 Å². The fraction of sp³-hybridized carbons (Fsp3) is 0.750. The Hall–Kier alpha value is -0.920. The van der Waals surface area contributed by atoms with Crippen LogP contribution in [0.3, 0.4) is 0 Å². The number of rotatable bonds is 2. The number of aromatic nitrogens is 2. The molecule has 106 valence electrons. The number of aromatic amines is 1. The normalized spacial score (nSPS) is 29.7. The molecule has 2 N–H and O–H groups in total. The van der Waals surface area contributed by atoms with Crippen LogP contribution in [0, 0.1) is 5.41 Å². The van der Waals surface area contributed by atoms with Gasteiger partial charge in [0, 0.05) is 19.6 Å². The maximum absolute atomic E-state index is 12.5. The Morgan fingerprint density at radius 1 is 1.32 bits per heavy atom. The summed E-state index contributed by atoms with van der Waals surface area (Å²) in [6, 6.07) is 1.52. The summed E-state index contributed by atoms with van der Waals surface area (Å²) < 4.78 is 26.6. The molecule has 2 fully saturated rings. The van der Waals surface area contributed by atoms with Gasteiger partial charge in [-0.05, 0) is 43.7 Å². The van der Waals surface area contributed by atoms with Gasteiger partial charge in [-0.3, -0.25) is 5.10 Å². The third-order valence-corrected chi connectivity index (χ3v) is 6.05. The van der Waals surface area contributed by atoms with Crippen LogP contribution in [-0.4, -0.2) is 49.1 Å². The van der Waals surface area contributed by atoms with Gasteiger partial charge in [-0.15, -0.1) is 0 Å². The summed E-state index contributed by atoms with van der Waals surface area (Å²) in [5.41, 5.74) is 0.129. The topological polar surface area (TPSA) is 78.1 Å². The minimum atomic E-state index is -3.41. The Labute approximate surface area is 113 Å². The molecule has 3 heterocycles. The lowest BCUT2D eigenvalue weighted by Gasteiger charge is -2.44. The molecule has 1 aromatic rings. The van der Waals surface area contributed by atoms with Gasteiger partial charge in [0.2, 0.25) is 0 Å². The van der Waals surface area contributed by atoms with Crippen LogP contribution in [-0.2, 0) is 10.0 Å². The minimum Gasteiger partial charge on any atom is -0.316 e. The molecule has 0 radical (unpaired) electrons. The van der Waals surface area contributed by atoms with E-state index in [9.17, 15) is 8.42 Å². The van der Waals surface area contributed by atoms with Crippen LogP contribution in [0.15, 0.2) is 17.3 Å². The zero-order valence-corrected chi connectivity index (χ0v) is 11.7. The van der Waals surface area contributed by atoms with Crippen LogP contribution in [0.25, 0.3) is 0 Å². The van der Waals surface area contributed by atoms with Crippen molar-refractivity contribution in [3.63, 3.8) is 0 Å². The lowest BCUT2D eigenvalue weighted by atomic mass is 9.75. The molecule has 0 amide bonds. The number of hydrogen-bond donors (Lipinski definition) is 2. The number of sulfonamides is 1. The fourth-order valence-corrected chi connectivity index (χ4v) is 4.76. The second-order valence-corrected chi connectivity index (χ2v) is 7.55. The molecule has 7 heteroatoms. The van der Waals surface area contributed by atoms with Crippen molar-refractivity contribution in [2.24, 2.45) is 5.41 Å². The lowest BCUT2D eigenvalue weighted by Crippen LogP contribution is -2.52. The quantitative estimate of drug-likeness (QED) is 0.832. The molecule has 1 atom stereocenters. The van der Waals surface area contributed by atoms with E-state index in [1.54, 1.807) is 4.31 Å². The third-order valence-electron chi connectivity index (χ3n) is 4.28. The van der Waals surface area contributed by atoms with E-state index in [0.717, 1.165) is 38.8 Å². The van der Waals surface area contributed by atoms with E-state index in [4.69, 9.17) is 0 Å².